The van der Waals surface area contributed by atoms with Gasteiger partial charge in [-0.15, -0.1) is 0 Å². The van der Waals surface area contributed by atoms with Gasteiger partial charge >= 0.3 is 5.97 Å². The van der Waals surface area contributed by atoms with Crippen LogP contribution in [0.15, 0.2) is 42.5 Å². The summed E-state index contributed by atoms with van der Waals surface area (Å²) in [6.07, 6.45) is 1.77. The molecule has 3 saturated heterocycles. The van der Waals surface area contributed by atoms with E-state index in [1.807, 2.05) is 6.07 Å². The Hall–Kier alpha value is -3.57. The third-order valence-electron chi connectivity index (χ3n) is 9.40. The molecule has 0 aromatic heterocycles. The van der Waals surface area contributed by atoms with Crippen LogP contribution in [0.3, 0.4) is 0 Å². The van der Waals surface area contributed by atoms with Crippen LogP contribution in [0.25, 0.3) is 11.1 Å². The maximum Gasteiger partial charge on any atom is 0.337 e. The minimum atomic E-state index is -1.19. The number of carbonyl (C=O) groups is 2. The second kappa shape index (κ2) is 12.2. The number of hydrogen-bond donors (Lipinski definition) is 2. The first-order chi connectivity index (χ1) is 22.1. The van der Waals surface area contributed by atoms with Crippen LogP contribution in [0.5, 0.6) is 5.75 Å². The van der Waals surface area contributed by atoms with Crippen LogP contribution in [0.1, 0.15) is 53.0 Å². The largest absolute Gasteiger partial charge is 0.478 e. The number of carboxylic acid groups (broad SMARTS) is 1. The van der Waals surface area contributed by atoms with Crippen molar-refractivity contribution in [2.24, 2.45) is 0 Å². The summed E-state index contributed by atoms with van der Waals surface area (Å²) in [6.45, 7) is 6.92. The van der Waals surface area contributed by atoms with Crippen LogP contribution in [0.4, 0.5) is 15.8 Å². The number of halogens is 3. The van der Waals surface area contributed by atoms with E-state index in [0.717, 1.165) is 37.7 Å². The smallest absolute Gasteiger partial charge is 0.337 e. The number of amides is 1. The van der Waals surface area contributed by atoms with Crippen molar-refractivity contribution < 1.29 is 28.6 Å². The molecule has 4 aliphatic heterocycles. The van der Waals surface area contributed by atoms with E-state index in [1.54, 1.807) is 30.3 Å². The summed E-state index contributed by atoms with van der Waals surface area (Å²) < 4.78 is 27.5. The first-order valence-electron chi connectivity index (χ1n) is 15.6. The Morgan fingerprint density at radius 2 is 1.65 bits per heavy atom. The summed E-state index contributed by atoms with van der Waals surface area (Å²) >= 11 is 13.4. The minimum absolute atomic E-state index is 0.0346. The molecule has 0 spiro atoms. The van der Waals surface area contributed by atoms with Crippen molar-refractivity contribution in [2.45, 2.75) is 57.4 Å². The van der Waals surface area contributed by atoms with Gasteiger partial charge in [0.15, 0.2) is 6.73 Å². The quantitative estimate of drug-likeness (QED) is 0.340. The van der Waals surface area contributed by atoms with Crippen LogP contribution in [0.2, 0.25) is 10.0 Å². The van der Waals surface area contributed by atoms with Gasteiger partial charge in [-0.3, -0.25) is 4.79 Å². The SMILES string of the molecule is CC1CN(c2cc(Cl)c(C(=O)N3COc4c(cccc4-c4cc(N5C6CCC5COC6)c(C(=O)O)cc4F)C3)c(Cl)c2)CC(C)N1. The fourth-order valence-electron chi connectivity index (χ4n) is 7.43. The molecule has 2 N–H and O–H groups in total. The van der Waals surface area contributed by atoms with Gasteiger partial charge in [0.2, 0.25) is 0 Å². The lowest BCUT2D eigenvalue weighted by Crippen LogP contribution is -2.54. The van der Waals surface area contributed by atoms with E-state index in [2.05, 4.69) is 29.0 Å². The van der Waals surface area contributed by atoms with Gasteiger partial charge in [0.05, 0.1) is 58.7 Å². The highest BCUT2D eigenvalue weighted by Gasteiger charge is 2.40. The average Bonchev–Trinajstić information content (AvgIpc) is 3.26. The van der Waals surface area contributed by atoms with Gasteiger partial charge in [-0.1, -0.05) is 41.4 Å². The molecular weight excluding hydrogens is 634 g/mol. The van der Waals surface area contributed by atoms with Crippen LogP contribution in [-0.2, 0) is 11.3 Å². The summed E-state index contributed by atoms with van der Waals surface area (Å²) in [5.74, 6) is -1.78. The molecule has 0 saturated carbocycles. The molecule has 0 aliphatic carbocycles. The van der Waals surface area contributed by atoms with Crippen molar-refractivity contribution in [3.8, 4) is 16.9 Å². The van der Waals surface area contributed by atoms with Crippen LogP contribution >= 0.6 is 23.2 Å². The number of hydrogen-bond acceptors (Lipinski definition) is 7. The molecule has 0 radical (unpaired) electrons. The monoisotopic (exact) mass is 668 g/mol. The lowest BCUT2D eigenvalue weighted by molar-refractivity contribution is 0.0516. The second-order valence-electron chi connectivity index (χ2n) is 12.7. The molecule has 4 unspecified atom stereocenters. The summed E-state index contributed by atoms with van der Waals surface area (Å²) in [7, 11) is 0. The zero-order valence-corrected chi connectivity index (χ0v) is 27.1. The maximum atomic E-state index is 15.7. The predicted octanol–water partition coefficient (Wildman–Crippen LogP) is 6.04. The first-order valence-corrected chi connectivity index (χ1v) is 16.3. The van der Waals surface area contributed by atoms with Crippen LogP contribution in [0, 0.1) is 5.82 Å². The number of nitrogens with one attached hydrogen (secondary N) is 1. The van der Waals surface area contributed by atoms with Crippen molar-refractivity contribution in [2.75, 3.05) is 42.8 Å². The van der Waals surface area contributed by atoms with E-state index in [-0.39, 0.29) is 58.0 Å². The number of ether oxygens (including phenoxy) is 2. The van der Waals surface area contributed by atoms with Gasteiger partial charge in [0, 0.05) is 47.6 Å². The van der Waals surface area contributed by atoms with Gasteiger partial charge in [-0.25, -0.2) is 9.18 Å². The van der Waals surface area contributed by atoms with Crippen molar-refractivity contribution in [1.82, 2.24) is 10.2 Å². The van der Waals surface area contributed by atoms with Crippen LogP contribution in [-0.4, -0.2) is 79.1 Å². The number of carboxylic acids is 1. The van der Waals surface area contributed by atoms with Crippen LogP contribution < -0.4 is 19.9 Å². The number of benzene rings is 3. The van der Waals surface area contributed by atoms with Gasteiger partial charge in [-0.05, 0) is 51.0 Å². The predicted molar refractivity (Wildman–Crippen MR) is 175 cm³/mol. The molecule has 46 heavy (non-hydrogen) atoms. The Balaban J connectivity index is 1.17. The highest BCUT2D eigenvalue weighted by molar-refractivity contribution is 6.40. The lowest BCUT2D eigenvalue weighted by atomic mass is 9.96. The lowest BCUT2D eigenvalue weighted by Gasteiger charge is -2.38. The molecule has 242 valence electrons. The van der Waals surface area contributed by atoms with E-state index in [9.17, 15) is 14.7 Å². The third-order valence-corrected chi connectivity index (χ3v) is 9.99. The molecule has 4 heterocycles. The molecule has 4 aliphatic rings. The summed E-state index contributed by atoms with van der Waals surface area (Å²) in [5.41, 5.74) is 2.86. The van der Waals surface area contributed by atoms with E-state index >= 15 is 4.39 Å². The molecule has 7 rings (SSSR count). The van der Waals surface area contributed by atoms with Crippen molar-refractivity contribution in [3.63, 3.8) is 0 Å². The highest BCUT2D eigenvalue weighted by atomic mass is 35.5. The number of anilines is 2. The van der Waals surface area contributed by atoms with Crippen molar-refractivity contribution in [1.29, 1.82) is 0 Å². The molecule has 2 bridgehead atoms. The van der Waals surface area contributed by atoms with Crippen molar-refractivity contribution in [3.05, 3.63) is 75.0 Å². The Labute approximate surface area is 276 Å². The Bertz CT molecular complexity index is 1670. The molecule has 12 heteroatoms. The Kier molecular flexibility index (Phi) is 8.25. The number of rotatable bonds is 5. The standard InChI is InChI=1S/C34H35Cl2FN4O5/c1-18-12-39(13-19(2)38-18)23-8-27(35)31(28(36)9-23)33(42)40-14-20-4-3-5-24(32(20)46-17-40)25-11-30(26(34(43)44)10-29(25)37)41-21-6-7-22(41)16-45-15-21/h3-5,8-11,18-19,21-22,38H,6-7,12-17H2,1-2H3,(H,43,44). The number of fused-ring (bicyclic) bond motifs is 3. The van der Waals surface area contributed by atoms with E-state index in [0.29, 0.717) is 47.9 Å². The summed E-state index contributed by atoms with van der Waals surface area (Å²) in [5, 5.41) is 14.0. The highest BCUT2D eigenvalue weighted by Crippen LogP contribution is 2.43. The zero-order valence-electron chi connectivity index (χ0n) is 25.6. The molecule has 9 nitrogen and oxygen atoms in total. The minimum Gasteiger partial charge on any atom is -0.478 e. The molecule has 4 atom stereocenters. The number of para-hydroxylation sites is 1. The summed E-state index contributed by atoms with van der Waals surface area (Å²) in [6, 6.07) is 12.3. The van der Waals surface area contributed by atoms with Crippen molar-refractivity contribution >= 4 is 46.5 Å². The molecule has 3 aromatic rings. The first kappa shape index (κ1) is 31.1. The number of piperazine rings is 1. The number of aromatic carboxylic acids is 1. The van der Waals surface area contributed by atoms with E-state index in [4.69, 9.17) is 32.7 Å². The Morgan fingerprint density at radius 1 is 0.978 bits per heavy atom. The molecular formula is C34H35Cl2FN4O5. The molecule has 1 amide bonds. The number of nitrogens with zero attached hydrogens (tertiary/aromatic N) is 3. The zero-order chi connectivity index (χ0) is 32.3. The topological polar surface area (TPSA) is 94.6 Å². The van der Waals surface area contributed by atoms with Gasteiger partial charge in [-0.2, -0.15) is 0 Å². The van der Waals surface area contributed by atoms with Gasteiger partial charge < -0.3 is 34.6 Å². The fraction of sp³-hybridized carbons (Fsp3) is 0.412. The Morgan fingerprint density at radius 3 is 2.30 bits per heavy atom. The van der Waals surface area contributed by atoms with E-state index in [1.165, 1.54) is 4.90 Å². The fourth-order valence-corrected chi connectivity index (χ4v) is 8.07. The number of morpholine rings is 1. The summed E-state index contributed by atoms with van der Waals surface area (Å²) in [4.78, 5) is 31.8. The second-order valence-corrected chi connectivity index (χ2v) is 13.5. The normalized spacial score (nSPS) is 24.1. The molecule has 3 fully saturated rings. The third kappa shape index (κ3) is 5.55. The van der Waals surface area contributed by atoms with Gasteiger partial charge in [0.25, 0.3) is 5.91 Å². The maximum absolute atomic E-state index is 15.7. The average molecular weight is 670 g/mol. The van der Waals surface area contributed by atoms with Gasteiger partial charge in [0.1, 0.15) is 11.6 Å². The van der Waals surface area contributed by atoms with E-state index < -0.39 is 11.8 Å². The number of carbonyl (C=O) groups excluding carboxylic acids is 1. The molecule has 3 aromatic carbocycles.